The second-order valence-electron chi connectivity index (χ2n) is 8.02. The van der Waals surface area contributed by atoms with Crippen LogP contribution in [0.15, 0.2) is 18.2 Å². The van der Waals surface area contributed by atoms with Gasteiger partial charge < -0.3 is 15.0 Å². The lowest BCUT2D eigenvalue weighted by Gasteiger charge is -2.19. The Morgan fingerprint density at radius 2 is 1.83 bits per heavy atom. The first-order chi connectivity index (χ1) is 14.0. The average Bonchev–Trinajstić information content (AvgIpc) is 3.39. The molecule has 1 saturated carbocycles. The van der Waals surface area contributed by atoms with Crippen LogP contribution < -0.4 is 21.7 Å². The van der Waals surface area contributed by atoms with Crippen LogP contribution in [0.1, 0.15) is 18.4 Å². The van der Waals surface area contributed by atoms with Gasteiger partial charge in [0, 0.05) is 42.1 Å². The zero-order chi connectivity index (χ0) is 20.4. The summed E-state index contributed by atoms with van der Waals surface area (Å²) in [5.74, 6) is 0.845. The number of ether oxygens (including phenoxy) is 1. The van der Waals surface area contributed by atoms with Crippen molar-refractivity contribution in [2.75, 3.05) is 26.2 Å². The number of hydrogen-bond acceptors (Lipinski definition) is 6. The number of hydrogen-bond donors (Lipinski definition) is 4. The molecule has 2 unspecified atom stereocenters. The molecule has 8 nitrogen and oxygen atoms in total. The smallest absolute Gasteiger partial charge is 0.410 e. The van der Waals surface area contributed by atoms with Gasteiger partial charge in [-0.3, -0.25) is 4.79 Å². The van der Waals surface area contributed by atoms with Crippen molar-refractivity contribution in [3.63, 3.8) is 0 Å². The summed E-state index contributed by atoms with van der Waals surface area (Å²) >= 11 is 12.0. The topological polar surface area (TPSA) is 94.7 Å². The lowest BCUT2D eigenvalue weighted by molar-refractivity contribution is -0.125. The molecule has 4 atom stereocenters. The number of carbonyl (C=O) groups is 2. The minimum atomic E-state index is -0.330. The number of carbonyl (C=O) groups excluding carboxylic acids is 2. The van der Waals surface area contributed by atoms with Crippen LogP contribution in [-0.4, -0.2) is 49.1 Å². The Bertz CT molecular complexity index is 740. The van der Waals surface area contributed by atoms with E-state index in [1.54, 1.807) is 23.1 Å². The van der Waals surface area contributed by atoms with E-state index in [1.807, 2.05) is 0 Å². The Kier molecular flexibility index (Phi) is 6.46. The fourth-order valence-corrected chi connectivity index (χ4v) is 5.03. The molecule has 29 heavy (non-hydrogen) atoms. The van der Waals surface area contributed by atoms with E-state index >= 15 is 0 Å². The molecule has 0 spiro atoms. The third-order valence-electron chi connectivity index (χ3n) is 5.90. The van der Waals surface area contributed by atoms with Crippen LogP contribution in [0.3, 0.4) is 0 Å². The molecule has 4 N–H and O–H groups in total. The summed E-state index contributed by atoms with van der Waals surface area (Å²) in [5, 5.41) is 4.06. The van der Waals surface area contributed by atoms with E-state index in [0.29, 0.717) is 41.5 Å². The average molecular weight is 442 g/mol. The lowest BCUT2D eigenvalue weighted by Crippen LogP contribution is -2.43. The van der Waals surface area contributed by atoms with E-state index in [0.717, 1.165) is 24.9 Å². The van der Waals surface area contributed by atoms with E-state index in [4.69, 9.17) is 27.9 Å². The van der Waals surface area contributed by atoms with E-state index in [-0.39, 0.29) is 30.6 Å². The molecule has 4 rings (SSSR count). The standard InChI is InChI=1S/C19H25Cl2N5O3/c20-15-1-11(2-16(21)5-15)10-29-19(28)26-8-13-3-12(4-14(13)9-26)18(27)22-6-17-7-23-25-24-17/h1-2,5,12-14,17,23-25H,3-4,6-10H2,(H,22,27)/t12?,13-,14+,17?. The van der Waals surface area contributed by atoms with Gasteiger partial charge >= 0.3 is 6.09 Å². The third kappa shape index (κ3) is 5.13. The molecule has 2 aliphatic heterocycles. The van der Waals surface area contributed by atoms with Crippen LogP contribution >= 0.6 is 23.2 Å². The molecule has 2 amide bonds. The number of likely N-dealkylation sites (tertiary alicyclic amines) is 1. The fourth-order valence-electron chi connectivity index (χ4n) is 4.46. The first-order valence-corrected chi connectivity index (χ1v) is 10.6. The van der Waals surface area contributed by atoms with Gasteiger partial charge in [-0.1, -0.05) is 23.2 Å². The summed E-state index contributed by atoms with van der Waals surface area (Å²) in [7, 11) is 0. The molecule has 3 fully saturated rings. The number of fused-ring (bicyclic) bond motifs is 1. The van der Waals surface area contributed by atoms with Crippen molar-refractivity contribution >= 4 is 35.2 Å². The maximum Gasteiger partial charge on any atom is 0.410 e. The highest BCUT2D eigenvalue weighted by molar-refractivity contribution is 6.34. The molecule has 1 aromatic carbocycles. The first kappa shape index (κ1) is 20.7. The quantitative estimate of drug-likeness (QED) is 0.555. The molecule has 1 aliphatic carbocycles. The van der Waals surface area contributed by atoms with Crippen molar-refractivity contribution in [1.29, 1.82) is 0 Å². The number of rotatable bonds is 5. The zero-order valence-electron chi connectivity index (χ0n) is 15.9. The Morgan fingerprint density at radius 3 is 2.45 bits per heavy atom. The van der Waals surface area contributed by atoms with Crippen molar-refractivity contribution in [3.05, 3.63) is 33.8 Å². The van der Waals surface area contributed by atoms with Crippen LogP contribution in [-0.2, 0) is 16.1 Å². The number of amides is 2. The monoisotopic (exact) mass is 441 g/mol. The summed E-state index contributed by atoms with van der Waals surface area (Å²) < 4.78 is 5.43. The summed E-state index contributed by atoms with van der Waals surface area (Å²) in [6.45, 7) is 2.78. The minimum absolute atomic E-state index is 0.0269. The fraction of sp³-hybridized carbons (Fsp3) is 0.579. The second-order valence-corrected chi connectivity index (χ2v) is 8.89. The normalized spacial score (nSPS) is 28.4. The summed E-state index contributed by atoms with van der Waals surface area (Å²) in [6, 6.07) is 5.30. The van der Waals surface area contributed by atoms with Gasteiger partial charge in [0.25, 0.3) is 0 Å². The van der Waals surface area contributed by atoms with Crippen LogP contribution in [0.5, 0.6) is 0 Å². The van der Waals surface area contributed by atoms with Gasteiger partial charge in [-0.05, 0) is 48.4 Å². The van der Waals surface area contributed by atoms with Gasteiger partial charge in [0.15, 0.2) is 0 Å². The number of halogens is 2. The summed E-state index contributed by atoms with van der Waals surface area (Å²) in [5.41, 5.74) is 9.59. The van der Waals surface area contributed by atoms with Crippen molar-refractivity contribution < 1.29 is 14.3 Å². The third-order valence-corrected chi connectivity index (χ3v) is 6.34. The molecule has 2 heterocycles. The van der Waals surface area contributed by atoms with Gasteiger partial charge in [0.1, 0.15) is 6.61 Å². The first-order valence-electron chi connectivity index (χ1n) is 9.85. The molecule has 0 aromatic heterocycles. The van der Waals surface area contributed by atoms with Crippen molar-refractivity contribution in [2.45, 2.75) is 25.5 Å². The van der Waals surface area contributed by atoms with E-state index < -0.39 is 0 Å². The zero-order valence-corrected chi connectivity index (χ0v) is 17.4. The number of hydrazine groups is 2. The highest BCUT2D eigenvalue weighted by atomic mass is 35.5. The summed E-state index contributed by atoms with van der Waals surface area (Å²) in [4.78, 5) is 26.6. The van der Waals surface area contributed by atoms with Crippen LogP contribution in [0.4, 0.5) is 4.79 Å². The second kappa shape index (κ2) is 9.06. The van der Waals surface area contributed by atoms with Gasteiger partial charge in [0.2, 0.25) is 5.91 Å². The largest absolute Gasteiger partial charge is 0.445 e. The maximum atomic E-state index is 12.5. The molecule has 3 aliphatic rings. The maximum absolute atomic E-state index is 12.5. The molecule has 0 radical (unpaired) electrons. The van der Waals surface area contributed by atoms with Gasteiger partial charge in [-0.15, -0.1) is 0 Å². The van der Waals surface area contributed by atoms with E-state index in [2.05, 4.69) is 21.7 Å². The van der Waals surface area contributed by atoms with E-state index in [1.165, 1.54) is 0 Å². The molecule has 1 aromatic rings. The highest BCUT2D eigenvalue weighted by Crippen LogP contribution is 2.41. The predicted octanol–water partition coefficient (Wildman–Crippen LogP) is 1.69. The molecular formula is C19H25Cl2N5O3. The number of nitrogens with one attached hydrogen (secondary N) is 4. The minimum Gasteiger partial charge on any atom is -0.445 e. The lowest BCUT2D eigenvalue weighted by atomic mass is 10.0. The van der Waals surface area contributed by atoms with Crippen LogP contribution in [0, 0.1) is 17.8 Å². The van der Waals surface area contributed by atoms with E-state index in [9.17, 15) is 9.59 Å². The Balaban J connectivity index is 1.21. The van der Waals surface area contributed by atoms with Crippen molar-refractivity contribution in [1.82, 2.24) is 26.6 Å². The van der Waals surface area contributed by atoms with Gasteiger partial charge in [-0.25, -0.2) is 15.6 Å². The summed E-state index contributed by atoms with van der Waals surface area (Å²) in [6.07, 6.45) is 1.31. The van der Waals surface area contributed by atoms with Crippen molar-refractivity contribution in [2.24, 2.45) is 17.8 Å². The van der Waals surface area contributed by atoms with Gasteiger partial charge in [-0.2, -0.15) is 5.53 Å². The molecular weight excluding hydrogens is 417 g/mol. The Labute approximate surface area is 179 Å². The van der Waals surface area contributed by atoms with Gasteiger partial charge in [0.05, 0.1) is 6.04 Å². The molecule has 2 saturated heterocycles. The highest BCUT2D eigenvalue weighted by Gasteiger charge is 2.44. The molecule has 10 heteroatoms. The SMILES string of the molecule is O=C(NCC1CNNN1)C1C[C@@H]2CN(C(=O)OCc3cc(Cl)cc(Cl)c3)C[C@@H]2C1. The number of benzene rings is 1. The molecule has 0 bridgehead atoms. The van der Waals surface area contributed by atoms with Crippen LogP contribution in [0.25, 0.3) is 0 Å². The Hall–Kier alpha value is -1.58. The molecule has 158 valence electrons. The van der Waals surface area contributed by atoms with Crippen LogP contribution in [0.2, 0.25) is 10.0 Å². The number of nitrogens with zero attached hydrogens (tertiary/aromatic N) is 1. The van der Waals surface area contributed by atoms with Crippen molar-refractivity contribution in [3.8, 4) is 0 Å². The predicted molar refractivity (Wildman–Crippen MR) is 109 cm³/mol. The Morgan fingerprint density at radius 1 is 1.14 bits per heavy atom.